The average molecular weight is 359 g/mol. The first-order valence-corrected chi connectivity index (χ1v) is 10.3. The van der Waals surface area contributed by atoms with E-state index in [1.54, 1.807) is 0 Å². The summed E-state index contributed by atoms with van der Waals surface area (Å²) in [4.78, 5) is 13.3. The molecule has 2 atom stereocenters. The van der Waals surface area contributed by atoms with Crippen LogP contribution in [0.2, 0.25) is 0 Å². The van der Waals surface area contributed by atoms with Gasteiger partial charge in [-0.15, -0.1) is 0 Å². The first kappa shape index (κ1) is 18.0. The number of aliphatic hydroxyl groups is 1. The van der Waals surface area contributed by atoms with Gasteiger partial charge >= 0.3 is 5.97 Å². The summed E-state index contributed by atoms with van der Waals surface area (Å²) in [5.74, 6) is 0.00299. The van der Waals surface area contributed by atoms with Gasteiger partial charge in [0.1, 0.15) is 6.54 Å². The predicted molar refractivity (Wildman–Crippen MR) is 100 cm³/mol. The van der Waals surface area contributed by atoms with E-state index in [0.717, 1.165) is 49.6 Å². The number of rotatable bonds is 4. The van der Waals surface area contributed by atoms with Crippen LogP contribution in [0.4, 0.5) is 0 Å². The molecule has 3 saturated heterocycles. The van der Waals surface area contributed by atoms with Gasteiger partial charge in [-0.05, 0) is 18.4 Å². The number of likely N-dealkylation sites (N-methyl/N-ethyl adjacent to an activating group) is 1. The zero-order chi connectivity index (χ0) is 18.2. The van der Waals surface area contributed by atoms with Crippen LogP contribution in [0.5, 0.6) is 0 Å². The van der Waals surface area contributed by atoms with Crippen molar-refractivity contribution in [1.29, 1.82) is 0 Å². The maximum Gasteiger partial charge on any atom is 0.343 e. The molecular formula is C22H32NO3+. The monoisotopic (exact) mass is 358 g/mol. The van der Waals surface area contributed by atoms with Gasteiger partial charge in [-0.1, -0.05) is 49.6 Å². The van der Waals surface area contributed by atoms with E-state index in [1.165, 1.54) is 19.5 Å². The number of hydrogen-bond acceptors (Lipinski definition) is 3. The molecular weight excluding hydrogens is 326 g/mol. The van der Waals surface area contributed by atoms with E-state index in [2.05, 4.69) is 7.05 Å². The molecule has 4 aliphatic rings. The molecule has 4 nitrogen and oxygen atoms in total. The minimum atomic E-state index is -1.51. The van der Waals surface area contributed by atoms with E-state index in [4.69, 9.17) is 4.74 Å². The highest BCUT2D eigenvalue weighted by Gasteiger charge is 2.51. The van der Waals surface area contributed by atoms with Gasteiger partial charge in [-0.25, -0.2) is 4.79 Å². The Kier molecular flexibility index (Phi) is 4.83. The lowest BCUT2D eigenvalue weighted by atomic mass is 9.73. The molecule has 0 spiro atoms. The first-order valence-electron chi connectivity index (χ1n) is 10.3. The highest BCUT2D eigenvalue weighted by Crippen LogP contribution is 2.42. The van der Waals surface area contributed by atoms with E-state index in [-0.39, 0.29) is 12.0 Å². The average Bonchev–Trinajstić information content (AvgIpc) is 2.69. The number of ether oxygens (including phenoxy) is 1. The number of esters is 1. The highest BCUT2D eigenvalue weighted by atomic mass is 16.6. The molecule has 5 rings (SSSR count). The van der Waals surface area contributed by atoms with E-state index in [1.807, 2.05) is 30.3 Å². The Morgan fingerprint density at radius 3 is 2.35 bits per heavy atom. The van der Waals surface area contributed by atoms with Crippen molar-refractivity contribution in [2.24, 2.45) is 11.8 Å². The summed E-state index contributed by atoms with van der Waals surface area (Å²) in [5.41, 5.74) is -0.815. The third-order valence-corrected chi connectivity index (χ3v) is 7.21. The van der Waals surface area contributed by atoms with Gasteiger partial charge in [0.05, 0.1) is 20.1 Å². The number of hydrogen-bond donors (Lipinski definition) is 1. The Morgan fingerprint density at radius 2 is 1.73 bits per heavy atom. The van der Waals surface area contributed by atoms with Crippen molar-refractivity contribution in [3.63, 3.8) is 0 Å². The summed E-state index contributed by atoms with van der Waals surface area (Å²) in [6, 6.07) is 9.48. The molecule has 1 aromatic rings. The third kappa shape index (κ3) is 3.18. The number of nitrogens with zero attached hydrogens (tertiary/aromatic N) is 1. The second-order valence-electron chi connectivity index (χ2n) is 9.00. The van der Waals surface area contributed by atoms with Crippen molar-refractivity contribution >= 4 is 5.97 Å². The first-order chi connectivity index (χ1) is 12.5. The number of carbonyl (C=O) groups excluding carboxylic acids is 1. The Balaban J connectivity index is 1.58. The highest BCUT2D eigenvalue weighted by molar-refractivity contribution is 5.81. The molecule has 2 bridgehead atoms. The zero-order valence-electron chi connectivity index (χ0n) is 15.9. The smallest absolute Gasteiger partial charge is 0.343 e. The molecule has 1 aromatic carbocycles. The van der Waals surface area contributed by atoms with E-state index in [0.29, 0.717) is 11.5 Å². The summed E-state index contributed by atoms with van der Waals surface area (Å²) in [6.07, 6.45) is 7.33. The molecule has 1 unspecified atom stereocenters. The molecule has 1 N–H and O–H groups in total. The van der Waals surface area contributed by atoms with Gasteiger partial charge in [-0.3, -0.25) is 0 Å². The molecule has 0 aromatic heterocycles. The maximum atomic E-state index is 13.3. The summed E-state index contributed by atoms with van der Waals surface area (Å²) in [5, 5.41) is 11.7. The summed E-state index contributed by atoms with van der Waals surface area (Å²) in [7, 11) is 2.26. The summed E-state index contributed by atoms with van der Waals surface area (Å²) in [6.45, 7) is 3.26. The summed E-state index contributed by atoms with van der Waals surface area (Å²) >= 11 is 0. The van der Waals surface area contributed by atoms with Crippen LogP contribution in [0.3, 0.4) is 0 Å². The van der Waals surface area contributed by atoms with Crippen LogP contribution in [0, 0.1) is 11.8 Å². The SMILES string of the molecule is C[N+]12CCC(CC1)[C@@H](OC(=O)C(O)(c1ccccc1)C1CCCCC1)C2. The lowest BCUT2D eigenvalue weighted by Crippen LogP contribution is -2.63. The third-order valence-electron chi connectivity index (χ3n) is 7.21. The number of quaternary nitrogens is 1. The van der Waals surface area contributed by atoms with E-state index < -0.39 is 11.6 Å². The molecule has 3 aliphatic heterocycles. The fraction of sp³-hybridized carbons (Fsp3) is 0.682. The zero-order valence-corrected chi connectivity index (χ0v) is 15.9. The number of fused-ring (bicyclic) bond motifs is 3. The Hall–Kier alpha value is -1.39. The Morgan fingerprint density at radius 1 is 1.08 bits per heavy atom. The van der Waals surface area contributed by atoms with Crippen LogP contribution < -0.4 is 0 Å². The van der Waals surface area contributed by atoms with Gasteiger partial charge in [0, 0.05) is 24.7 Å². The van der Waals surface area contributed by atoms with Crippen molar-refractivity contribution in [2.75, 3.05) is 26.7 Å². The van der Waals surface area contributed by atoms with Crippen LogP contribution in [-0.4, -0.2) is 48.3 Å². The Bertz CT molecular complexity index is 632. The molecule has 26 heavy (non-hydrogen) atoms. The topological polar surface area (TPSA) is 46.5 Å². The molecule has 4 heteroatoms. The number of benzene rings is 1. The van der Waals surface area contributed by atoms with Crippen molar-refractivity contribution < 1.29 is 19.1 Å². The van der Waals surface area contributed by atoms with Crippen LogP contribution in [-0.2, 0) is 15.1 Å². The Labute approximate surface area is 156 Å². The normalized spacial score (nSPS) is 34.2. The number of piperidine rings is 3. The van der Waals surface area contributed by atoms with Crippen LogP contribution in [0.15, 0.2) is 30.3 Å². The standard InChI is InChI=1S/C22H32NO3/c1-23-14-12-17(13-15-23)20(16-23)26-21(24)22(25,18-8-4-2-5-9-18)19-10-6-3-7-11-19/h2,4-5,8-9,17,19-20,25H,3,6-7,10-16H2,1H3/q+1/t17?,20-,22?,23?/m0/s1. The molecule has 0 amide bonds. The molecule has 3 heterocycles. The van der Waals surface area contributed by atoms with Gasteiger partial charge in [0.15, 0.2) is 11.7 Å². The lowest BCUT2D eigenvalue weighted by Gasteiger charge is -2.50. The fourth-order valence-corrected chi connectivity index (χ4v) is 5.44. The van der Waals surface area contributed by atoms with Crippen molar-refractivity contribution in [1.82, 2.24) is 0 Å². The fourth-order valence-electron chi connectivity index (χ4n) is 5.44. The minimum absolute atomic E-state index is 0.0444. The maximum absolute atomic E-state index is 13.3. The van der Waals surface area contributed by atoms with Gasteiger partial charge < -0.3 is 14.3 Å². The van der Waals surface area contributed by atoms with Crippen molar-refractivity contribution in [2.45, 2.75) is 56.7 Å². The molecule has 1 aliphatic carbocycles. The molecule has 1 saturated carbocycles. The second-order valence-corrected chi connectivity index (χ2v) is 9.00. The van der Waals surface area contributed by atoms with Crippen LogP contribution in [0.1, 0.15) is 50.5 Å². The van der Waals surface area contributed by atoms with Gasteiger partial charge in [0.2, 0.25) is 0 Å². The van der Waals surface area contributed by atoms with Crippen molar-refractivity contribution in [3.8, 4) is 0 Å². The predicted octanol–water partition coefficient (Wildman–Crippen LogP) is 3.24. The lowest BCUT2D eigenvalue weighted by molar-refractivity contribution is -0.928. The number of carbonyl (C=O) groups is 1. The quantitative estimate of drug-likeness (QED) is 0.664. The largest absolute Gasteiger partial charge is 0.454 e. The van der Waals surface area contributed by atoms with E-state index in [9.17, 15) is 9.90 Å². The van der Waals surface area contributed by atoms with Gasteiger partial charge in [0.25, 0.3) is 0 Å². The molecule has 0 radical (unpaired) electrons. The molecule has 4 fully saturated rings. The van der Waals surface area contributed by atoms with Crippen LogP contribution in [0.25, 0.3) is 0 Å². The second kappa shape index (κ2) is 6.97. The molecule has 142 valence electrons. The minimum Gasteiger partial charge on any atom is -0.454 e. The van der Waals surface area contributed by atoms with Crippen LogP contribution >= 0.6 is 0 Å². The summed E-state index contributed by atoms with van der Waals surface area (Å²) < 4.78 is 7.06. The van der Waals surface area contributed by atoms with E-state index >= 15 is 0 Å². The van der Waals surface area contributed by atoms with Crippen molar-refractivity contribution in [3.05, 3.63) is 35.9 Å². The van der Waals surface area contributed by atoms with Gasteiger partial charge in [-0.2, -0.15) is 0 Å².